The highest BCUT2D eigenvalue weighted by atomic mass is 32.2. The van der Waals surface area contributed by atoms with Crippen LogP contribution in [0.25, 0.3) is 10.9 Å². The van der Waals surface area contributed by atoms with E-state index in [0.29, 0.717) is 5.56 Å². The van der Waals surface area contributed by atoms with E-state index in [4.69, 9.17) is 0 Å². The number of nitrogens with zero attached hydrogens (tertiary/aromatic N) is 3. The molecule has 2 aromatic carbocycles. The molecule has 152 valence electrons. The summed E-state index contributed by atoms with van der Waals surface area (Å²) < 4.78 is 40.0. The second-order valence-electron chi connectivity index (χ2n) is 7.53. The Morgan fingerprint density at radius 3 is 2.48 bits per heavy atom. The maximum Gasteiger partial charge on any atom is 0.188 e. The molecule has 1 aliphatic rings. The Morgan fingerprint density at radius 1 is 1.03 bits per heavy atom. The predicted molar refractivity (Wildman–Crippen MR) is 113 cm³/mol. The third-order valence-corrected chi connectivity index (χ3v) is 7.78. The van der Waals surface area contributed by atoms with E-state index in [1.807, 2.05) is 18.2 Å². The normalized spacial score (nSPS) is 16.9. The molecule has 0 spiro atoms. The van der Waals surface area contributed by atoms with Gasteiger partial charge in [0.1, 0.15) is 10.7 Å². The molecule has 5 nitrogen and oxygen atoms in total. The molecule has 4 rings (SSSR count). The molecule has 7 heteroatoms. The summed E-state index contributed by atoms with van der Waals surface area (Å²) in [7, 11) is -1.75. The summed E-state index contributed by atoms with van der Waals surface area (Å²) in [5.74, 6) is -0.731. The molecule has 0 N–H and O–H groups in total. The number of anilines is 1. The highest BCUT2D eigenvalue weighted by Crippen LogP contribution is 2.33. The van der Waals surface area contributed by atoms with Gasteiger partial charge in [-0.3, -0.25) is 4.98 Å². The number of likely N-dealkylation sites (N-methyl/N-ethyl adjacent to an activating group) is 1. The van der Waals surface area contributed by atoms with Gasteiger partial charge in [-0.05, 0) is 43.8 Å². The Kier molecular flexibility index (Phi) is 5.27. The summed E-state index contributed by atoms with van der Waals surface area (Å²) in [6.07, 6.45) is 1.60. The highest BCUT2D eigenvalue weighted by Gasteiger charge is 2.28. The second kappa shape index (κ2) is 7.72. The van der Waals surface area contributed by atoms with Crippen LogP contribution in [0, 0.1) is 5.82 Å². The van der Waals surface area contributed by atoms with Gasteiger partial charge in [0.2, 0.25) is 0 Å². The van der Waals surface area contributed by atoms with Crippen molar-refractivity contribution in [2.24, 2.45) is 0 Å². The van der Waals surface area contributed by atoms with Gasteiger partial charge in [-0.1, -0.05) is 24.3 Å². The molecule has 3 aromatic rings. The summed E-state index contributed by atoms with van der Waals surface area (Å²) in [5, 5.41) is -0.0156. The number of piperazine rings is 1. The zero-order chi connectivity index (χ0) is 20.6. The maximum absolute atomic E-state index is 14.1. The van der Waals surface area contributed by atoms with Crippen molar-refractivity contribution in [3.63, 3.8) is 0 Å². The maximum atomic E-state index is 14.1. The van der Waals surface area contributed by atoms with Crippen molar-refractivity contribution < 1.29 is 12.8 Å². The third kappa shape index (κ3) is 3.72. The van der Waals surface area contributed by atoms with Crippen LogP contribution in [-0.4, -0.2) is 51.5 Å². The van der Waals surface area contributed by atoms with Gasteiger partial charge >= 0.3 is 0 Å². The SMILES string of the molecule is CC(c1cnc2c(N3CCN(C)CC3)cccc2c1)S(=O)(=O)c1ccccc1F. The molecule has 2 heterocycles. The number of benzene rings is 2. The van der Waals surface area contributed by atoms with Gasteiger partial charge in [0.05, 0.1) is 16.5 Å². The molecule has 1 aliphatic heterocycles. The summed E-state index contributed by atoms with van der Waals surface area (Å²) in [4.78, 5) is 8.94. The van der Waals surface area contributed by atoms with Crippen LogP contribution in [-0.2, 0) is 9.84 Å². The van der Waals surface area contributed by atoms with Crippen molar-refractivity contribution in [2.45, 2.75) is 17.1 Å². The number of fused-ring (bicyclic) bond motifs is 1. The topological polar surface area (TPSA) is 53.5 Å². The van der Waals surface area contributed by atoms with E-state index >= 15 is 0 Å². The molecular weight excluding hydrogens is 389 g/mol. The Balaban J connectivity index is 1.70. The minimum Gasteiger partial charge on any atom is -0.367 e. The zero-order valence-electron chi connectivity index (χ0n) is 16.5. The molecule has 29 heavy (non-hydrogen) atoms. The monoisotopic (exact) mass is 413 g/mol. The number of hydrogen-bond acceptors (Lipinski definition) is 5. The van der Waals surface area contributed by atoms with Crippen molar-refractivity contribution in [1.29, 1.82) is 0 Å². The Bertz CT molecular complexity index is 1140. The molecule has 1 unspecified atom stereocenters. The van der Waals surface area contributed by atoms with Gasteiger partial charge in [0.25, 0.3) is 0 Å². The fourth-order valence-corrected chi connectivity index (χ4v) is 5.21. The van der Waals surface area contributed by atoms with Crippen LogP contribution in [0.3, 0.4) is 0 Å². The summed E-state index contributed by atoms with van der Waals surface area (Å²) in [5.41, 5.74) is 2.47. The average molecular weight is 414 g/mol. The molecule has 0 radical (unpaired) electrons. The molecular formula is C22H24FN3O2S. The smallest absolute Gasteiger partial charge is 0.188 e. The first-order valence-electron chi connectivity index (χ1n) is 9.68. The van der Waals surface area contributed by atoms with Crippen LogP contribution in [0.1, 0.15) is 17.7 Å². The predicted octanol–water partition coefficient (Wildman–Crippen LogP) is 3.66. The highest BCUT2D eigenvalue weighted by molar-refractivity contribution is 7.91. The largest absolute Gasteiger partial charge is 0.367 e. The quantitative estimate of drug-likeness (QED) is 0.653. The van der Waals surface area contributed by atoms with Crippen LogP contribution in [0.15, 0.2) is 59.6 Å². The van der Waals surface area contributed by atoms with Gasteiger partial charge in [0, 0.05) is 37.8 Å². The van der Waals surface area contributed by atoms with E-state index < -0.39 is 20.9 Å². The van der Waals surface area contributed by atoms with Crippen LogP contribution >= 0.6 is 0 Å². The van der Waals surface area contributed by atoms with Crippen molar-refractivity contribution in [3.8, 4) is 0 Å². The molecule has 1 aromatic heterocycles. The van der Waals surface area contributed by atoms with E-state index in [9.17, 15) is 12.8 Å². The Hall–Kier alpha value is -2.51. The summed E-state index contributed by atoms with van der Waals surface area (Å²) in [6.45, 7) is 5.42. The minimum atomic E-state index is -3.86. The first kappa shape index (κ1) is 19.8. The lowest BCUT2D eigenvalue weighted by Gasteiger charge is -2.34. The molecule has 0 bridgehead atoms. The fourth-order valence-electron chi connectivity index (χ4n) is 3.73. The number of para-hydroxylation sites is 1. The summed E-state index contributed by atoms with van der Waals surface area (Å²) in [6, 6.07) is 13.3. The van der Waals surface area contributed by atoms with Crippen LogP contribution in [0.4, 0.5) is 10.1 Å². The van der Waals surface area contributed by atoms with Crippen molar-refractivity contribution in [1.82, 2.24) is 9.88 Å². The van der Waals surface area contributed by atoms with Gasteiger partial charge in [-0.15, -0.1) is 0 Å². The molecule has 0 saturated carbocycles. The minimum absolute atomic E-state index is 0.279. The van der Waals surface area contributed by atoms with Gasteiger partial charge in [-0.2, -0.15) is 0 Å². The Labute approximate surface area is 170 Å². The Morgan fingerprint density at radius 2 is 1.76 bits per heavy atom. The van der Waals surface area contributed by atoms with Crippen LogP contribution in [0.5, 0.6) is 0 Å². The van der Waals surface area contributed by atoms with Gasteiger partial charge in [0.15, 0.2) is 9.84 Å². The lowest BCUT2D eigenvalue weighted by Crippen LogP contribution is -2.44. The number of pyridine rings is 1. The first-order chi connectivity index (χ1) is 13.9. The standard InChI is InChI=1S/C22H24FN3O2S/c1-16(29(27,28)21-9-4-3-7-19(21)23)18-14-17-6-5-8-20(22(17)24-15-18)26-12-10-25(2)11-13-26/h3-9,14-16H,10-13H2,1-2H3. The number of rotatable bonds is 4. The molecule has 0 aliphatic carbocycles. The van der Waals surface area contributed by atoms with E-state index in [1.165, 1.54) is 24.3 Å². The van der Waals surface area contributed by atoms with Gasteiger partial charge < -0.3 is 9.80 Å². The molecule has 1 atom stereocenters. The fraction of sp³-hybridized carbons (Fsp3) is 0.318. The van der Waals surface area contributed by atoms with E-state index in [2.05, 4.69) is 27.9 Å². The second-order valence-corrected chi connectivity index (χ2v) is 9.76. The van der Waals surface area contributed by atoms with Crippen molar-refractivity contribution in [2.75, 3.05) is 38.1 Å². The lowest BCUT2D eigenvalue weighted by molar-refractivity contribution is 0.313. The number of hydrogen-bond donors (Lipinski definition) is 0. The van der Waals surface area contributed by atoms with E-state index in [1.54, 1.807) is 13.1 Å². The van der Waals surface area contributed by atoms with Crippen LogP contribution < -0.4 is 4.90 Å². The molecule has 1 fully saturated rings. The van der Waals surface area contributed by atoms with Crippen molar-refractivity contribution in [3.05, 3.63) is 66.1 Å². The number of halogens is 1. The van der Waals surface area contributed by atoms with Gasteiger partial charge in [-0.25, -0.2) is 12.8 Å². The lowest BCUT2D eigenvalue weighted by atomic mass is 10.1. The van der Waals surface area contributed by atoms with Crippen molar-refractivity contribution >= 4 is 26.4 Å². The summed E-state index contributed by atoms with van der Waals surface area (Å²) >= 11 is 0. The average Bonchev–Trinajstić information content (AvgIpc) is 2.73. The molecule has 0 amide bonds. The third-order valence-electron chi connectivity index (χ3n) is 5.63. The first-order valence-corrected chi connectivity index (χ1v) is 11.2. The van der Waals surface area contributed by atoms with Crippen LogP contribution in [0.2, 0.25) is 0 Å². The van der Waals surface area contributed by atoms with E-state index in [0.717, 1.165) is 42.8 Å². The van der Waals surface area contributed by atoms with E-state index in [-0.39, 0.29) is 4.90 Å². The zero-order valence-corrected chi connectivity index (χ0v) is 17.4. The molecule has 1 saturated heterocycles. The number of aromatic nitrogens is 1. The number of sulfone groups is 1.